The molecule has 1 aliphatic rings. The van der Waals surface area contributed by atoms with Gasteiger partial charge < -0.3 is 15.9 Å². The molecule has 4 rings (SSSR count). The number of hydrogen-bond acceptors (Lipinski definition) is 5. The van der Waals surface area contributed by atoms with Gasteiger partial charge in [0, 0.05) is 23.9 Å². The molecule has 32 heavy (non-hydrogen) atoms. The topological polar surface area (TPSA) is 99.7 Å². The lowest BCUT2D eigenvalue weighted by Crippen LogP contribution is -2.67. The number of nitrogen functional groups attached to an aromatic ring is 1. The molecule has 1 fully saturated rings. The molecule has 0 aliphatic heterocycles. The number of carboxylic acid groups (broad SMARTS) is 1. The molecule has 0 atom stereocenters. The van der Waals surface area contributed by atoms with Crippen LogP contribution in [0.15, 0.2) is 54.6 Å². The zero-order valence-electron chi connectivity index (χ0n) is 18.8. The smallest absolute Gasteiger partial charge is 0.408 e. The van der Waals surface area contributed by atoms with Crippen LogP contribution in [0.25, 0.3) is 21.7 Å². The van der Waals surface area contributed by atoms with Crippen molar-refractivity contribution < 1.29 is 15.0 Å². The Bertz CT molecular complexity index is 1120. The lowest BCUT2D eigenvalue weighted by molar-refractivity contribution is -0.152. The van der Waals surface area contributed by atoms with Crippen LogP contribution in [0.4, 0.5) is 9.93 Å². The van der Waals surface area contributed by atoms with Crippen molar-refractivity contribution in [1.82, 2.24) is 9.88 Å². The molecule has 7 heteroatoms. The number of rotatable bonds is 4. The molecule has 6 nitrogen and oxygen atoms in total. The molecule has 3 aromatic rings. The Morgan fingerprint density at radius 1 is 1.06 bits per heavy atom. The van der Waals surface area contributed by atoms with Gasteiger partial charge in [-0.25, -0.2) is 9.78 Å². The third kappa shape index (κ3) is 3.87. The summed E-state index contributed by atoms with van der Waals surface area (Å²) in [5.74, 6) is 0. The molecule has 0 bridgehead atoms. The fraction of sp³-hybridized carbons (Fsp3) is 0.360. The summed E-state index contributed by atoms with van der Waals surface area (Å²) in [4.78, 5) is 19.3. The normalized spacial score (nSPS) is 22.9. The second-order valence-electron chi connectivity index (χ2n) is 9.84. The quantitative estimate of drug-likeness (QED) is 0.481. The molecule has 1 saturated carbocycles. The van der Waals surface area contributed by atoms with Gasteiger partial charge in [-0.1, -0.05) is 65.9 Å². The number of hydrogen-bond donors (Lipinski definition) is 3. The number of benzene rings is 2. The van der Waals surface area contributed by atoms with Gasteiger partial charge in [-0.3, -0.25) is 4.90 Å². The van der Waals surface area contributed by atoms with Crippen molar-refractivity contribution in [2.75, 3.05) is 5.73 Å². The Kier molecular flexibility index (Phi) is 5.30. The number of aliphatic hydroxyl groups is 1. The largest absolute Gasteiger partial charge is 0.465 e. The van der Waals surface area contributed by atoms with Crippen LogP contribution in [0.3, 0.4) is 0 Å². The van der Waals surface area contributed by atoms with Crippen molar-refractivity contribution in [2.45, 2.75) is 57.2 Å². The highest BCUT2D eigenvalue weighted by Crippen LogP contribution is 2.54. The van der Waals surface area contributed by atoms with Crippen LogP contribution in [0.2, 0.25) is 0 Å². The predicted octanol–water partition coefficient (Wildman–Crippen LogP) is 5.58. The van der Waals surface area contributed by atoms with Crippen molar-refractivity contribution in [1.29, 1.82) is 0 Å². The van der Waals surface area contributed by atoms with Crippen LogP contribution in [-0.4, -0.2) is 37.3 Å². The van der Waals surface area contributed by atoms with Gasteiger partial charge in [-0.05, 0) is 38.8 Å². The second kappa shape index (κ2) is 7.60. The summed E-state index contributed by atoms with van der Waals surface area (Å²) >= 11 is 1.45. The van der Waals surface area contributed by atoms with Crippen LogP contribution in [0.1, 0.15) is 46.1 Å². The molecule has 1 heterocycles. The summed E-state index contributed by atoms with van der Waals surface area (Å²) in [6.45, 7) is 7.41. The summed E-state index contributed by atoms with van der Waals surface area (Å²) < 4.78 is 0. The minimum absolute atomic E-state index is 0.349. The van der Waals surface area contributed by atoms with Crippen LogP contribution >= 0.6 is 11.3 Å². The maximum Gasteiger partial charge on any atom is 0.408 e. The minimum atomic E-state index is -0.990. The third-order valence-electron chi connectivity index (χ3n) is 6.01. The highest BCUT2D eigenvalue weighted by Gasteiger charge is 2.59. The van der Waals surface area contributed by atoms with Gasteiger partial charge in [0.25, 0.3) is 0 Å². The van der Waals surface area contributed by atoms with Crippen molar-refractivity contribution in [3.8, 4) is 21.7 Å². The first-order chi connectivity index (χ1) is 14.9. The summed E-state index contributed by atoms with van der Waals surface area (Å²) in [6, 6.07) is 17.8. The Morgan fingerprint density at radius 2 is 1.66 bits per heavy atom. The molecule has 1 aromatic heterocycles. The molecule has 2 aromatic carbocycles. The molecule has 0 radical (unpaired) electrons. The Morgan fingerprint density at radius 3 is 2.16 bits per heavy atom. The zero-order chi connectivity index (χ0) is 23.3. The molecule has 0 spiro atoms. The molecule has 1 amide bonds. The number of thiazole rings is 1. The van der Waals surface area contributed by atoms with Gasteiger partial charge >= 0.3 is 6.09 Å². The van der Waals surface area contributed by atoms with Gasteiger partial charge in [0.05, 0.1) is 21.7 Å². The second-order valence-corrected chi connectivity index (χ2v) is 10.9. The Labute approximate surface area is 192 Å². The fourth-order valence-corrected chi connectivity index (χ4v) is 5.93. The summed E-state index contributed by atoms with van der Waals surface area (Å²) in [5, 5.41) is 21.1. The predicted molar refractivity (Wildman–Crippen MR) is 129 cm³/mol. The molecule has 0 unspecified atom stereocenters. The van der Waals surface area contributed by atoms with Crippen LogP contribution < -0.4 is 5.73 Å². The molecular weight excluding hydrogens is 422 g/mol. The van der Waals surface area contributed by atoms with Crippen LogP contribution in [0.5, 0.6) is 0 Å². The van der Waals surface area contributed by atoms with E-state index in [-0.39, 0.29) is 0 Å². The lowest BCUT2D eigenvalue weighted by atomic mass is 9.60. The van der Waals surface area contributed by atoms with Crippen LogP contribution in [-0.2, 0) is 5.54 Å². The Hall–Kier alpha value is -2.90. The van der Waals surface area contributed by atoms with Gasteiger partial charge in [0.15, 0.2) is 5.13 Å². The van der Waals surface area contributed by atoms with Crippen molar-refractivity contribution in [3.63, 3.8) is 0 Å². The summed E-state index contributed by atoms with van der Waals surface area (Å²) in [5.41, 5.74) is 7.39. The van der Waals surface area contributed by atoms with E-state index < -0.39 is 22.8 Å². The minimum Gasteiger partial charge on any atom is -0.465 e. The highest BCUT2D eigenvalue weighted by molar-refractivity contribution is 7.19. The van der Waals surface area contributed by atoms with E-state index in [0.717, 1.165) is 27.3 Å². The lowest BCUT2D eigenvalue weighted by Gasteiger charge is -2.60. The van der Waals surface area contributed by atoms with E-state index in [0.29, 0.717) is 18.0 Å². The molecule has 1 aliphatic carbocycles. The van der Waals surface area contributed by atoms with E-state index in [1.165, 1.54) is 16.2 Å². The van der Waals surface area contributed by atoms with E-state index in [1.54, 1.807) is 6.92 Å². The van der Waals surface area contributed by atoms with Crippen molar-refractivity contribution in [2.24, 2.45) is 0 Å². The van der Waals surface area contributed by atoms with Crippen LogP contribution in [0, 0.1) is 0 Å². The maximum absolute atomic E-state index is 12.3. The maximum atomic E-state index is 12.3. The highest BCUT2D eigenvalue weighted by atomic mass is 32.1. The van der Waals surface area contributed by atoms with Crippen molar-refractivity contribution in [3.05, 3.63) is 60.2 Å². The first-order valence-corrected chi connectivity index (χ1v) is 11.4. The number of amides is 1. The summed E-state index contributed by atoms with van der Waals surface area (Å²) in [6.07, 6.45) is -0.292. The molecule has 168 valence electrons. The van der Waals surface area contributed by atoms with E-state index in [2.05, 4.69) is 4.98 Å². The number of anilines is 1. The SMILES string of the molecule is CC1(O)CC(c2ccc(-c3nc(N)sc3-c3ccccc3)cc2)(N(C(=O)O)C(C)(C)C)C1. The number of aromatic nitrogens is 1. The number of nitrogens with zero attached hydrogens (tertiary/aromatic N) is 2. The molecular formula is C25H29N3O3S. The number of carbonyl (C=O) groups is 1. The average Bonchev–Trinajstić information content (AvgIpc) is 3.07. The average molecular weight is 452 g/mol. The van der Waals surface area contributed by atoms with Crippen molar-refractivity contribution >= 4 is 22.6 Å². The standard InChI is InChI=1S/C25H29N3O3S/c1-23(2,3)28(22(29)30)25(14-24(4,31)15-25)18-12-10-16(11-13-18)19-20(32-21(26)27-19)17-8-6-5-7-9-17/h5-13,31H,14-15H2,1-4H3,(H2,26,27)(H,29,30). The fourth-order valence-electron chi connectivity index (χ4n) is 5.07. The molecule has 4 N–H and O–H groups in total. The van der Waals surface area contributed by atoms with Gasteiger partial charge in [0.1, 0.15) is 0 Å². The van der Waals surface area contributed by atoms with E-state index in [4.69, 9.17) is 5.73 Å². The third-order valence-corrected chi connectivity index (χ3v) is 6.95. The van der Waals surface area contributed by atoms with Gasteiger partial charge in [0.2, 0.25) is 0 Å². The zero-order valence-corrected chi connectivity index (χ0v) is 19.6. The van der Waals surface area contributed by atoms with E-state index >= 15 is 0 Å². The van der Waals surface area contributed by atoms with E-state index in [9.17, 15) is 15.0 Å². The van der Waals surface area contributed by atoms with E-state index in [1.807, 2.05) is 75.4 Å². The number of nitrogens with two attached hydrogens (primary N) is 1. The first-order valence-electron chi connectivity index (χ1n) is 10.6. The van der Waals surface area contributed by atoms with Gasteiger partial charge in [-0.15, -0.1) is 0 Å². The Balaban J connectivity index is 1.76. The molecule has 0 saturated heterocycles. The monoisotopic (exact) mass is 451 g/mol. The first kappa shape index (κ1) is 22.3. The van der Waals surface area contributed by atoms with Gasteiger partial charge in [-0.2, -0.15) is 0 Å². The summed E-state index contributed by atoms with van der Waals surface area (Å²) in [7, 11) is 0.